The normalized spacial score (nSPS) is 23.5. The lowest BCUT2D eigenvalue weighted by atomic mass is 9.82. The Morgan fingerprint density at radius 1 is 1.00 bits per heavy atom. The molecule has 2 N–H and O–H groups in total. The van der Waals surface area contributed by atoms with Gasteiger partial charge in [-0.1, -0.05) is 60.1 Å². The van der Waals surface area contributed by atoms with Gasteiger partial charge in [-0.05, 0) is 76.7 Å². The predicted molar refractivity (Wildman–Crippen MR) is 139 cm³/mol. The smallest absolute Gasteiger partial charge is 0.240 e. The van der Waals surface area contributed by atoms with Crippen LogP contribution in [0.25, 0.3) is 0 Å². The van der Waals surface area contributed by atoms with E-state index in [1.54, 1.807) is 0 Å². The molecular formula is C27H52N4O. The van der Waals surface area contributed by atoms with Gasteiger partial charge in [-0.3, -0.25) is 9.69 Å². The number of allylic oxidation sites excluding steroid dienone is 3. The SMILES string of the molecule is CC.CC.CC/C(=C\C=C(/C)CN1CCC(C)(C)CC1)N1CC(=O)NC2(CCNCC2)C1. The fraction of sp³-hybridized carbons (Fsp3) is 0.815. The highest BCUT2D eigenvalue weighted by molar-refractivity contribution is 5.80. The third-order valence-electron chi connectivity index (χ3n) is 6.80. The number of piperazine rings is 1. The molecule has 0 aliphatic carbocycles. The summed E-state index contributed by atoms with van der Waals surface area (Å²) >= 11 is 0. The van der Waals surface area contributed by atoms with Crippen LogP contribution in [0, 0.1) is 5.41 Å². The molecule has 0 unspecified atom stereocenters. The Morgan fingerprint density at radius 2 is 1.59 bits per heavy atom. The molecule has 3 heterocycles. The van der Waals surface area contributed by atoms with Crippen molar-refractivity contribution in [3.05, 3.63) is 23.4 Å². The van der Waals surface area contributed by atoms with Gasteiger partial charge in [0.15, 0.2) is 0 Å². The molecule has 186 valence electrons. The summed E-state index contributed by atoms with van der Waals surface area (Å²) in [6, 6.07) is 0. The van der Waals surface area contributed by atoms with Crippen molar-refractivity contribution < 1.29 is 4.79 Å². The molecule has 0 bridgehead atoms. The van der Waals surface area contributed by atoms with Gasteiger partial charge in [0.2, 0.25) is 5.91 Å². The zero-order valence-electron chi connectivity index (χ0n) is 22.4. The first-order valence-electron chi connectivity index (χ1n) is 13.2. The van der Waals surface area contributed by atoms with E-state index < -0.39 is 0 Å². The highest BCUT2D eigenvalue weighted by Gasteiger charge is 2.39. The quantitative estimate of drug-likeness (QED) is 0.584. The number of hydrogen-bond donors (Lipinski definition) is 2. The van der Waals surface area contributed by atoms with E-state index in [9.17, 15) is 4.79 Å². The van der Waals surface area contributed by atoms with Gasteiger partial charge >= 0.3 is 0 Å². The van der Waals surface area contributed by atoms with E-state index in [1.165, 1.54) is 37.2 Å². The second-order valence-corrected chi connectivity index (χ2v) is 9.90. The van der Waals surface area contributed by atoms with Crippen molar-refractivity contribution in [2.75, 3.05) is 45.8 Å². The number of nitrogens with one attached hydrogen (secondary N) is 2. The maximum absolute atomic E-state index is 12.4. The molecule has 3 aliphatic heterocycles. The van der Waals surface area contributed by atoms with Crippen LogP contribution in [0.4, 0.5) is 0 Å². The fourth-order valence-corrected chi connectivity index (χ4v) is 4.77. The first kappa shape index (κ1) is 28.7. The summed E-state index contributed by atoms with van der Waals surface area (Å²) in [5.41, 5.74) is 3.15. The third-order valence-corrected chi connectivity index (χ3v) is 6.80. The Bertz CT molecular complexity index is 607. The number of carbonyl (C=O) groups excluding carboxylic acids is 1. The Balaban J connectivity index is 0.00000121. The molecule has 1 amide bonds. The zero-order valence-corrected chi connectivity index (χ0v) is 22.4. The molecule has 32 heavy (non-hydrogen) atoms. The molecule has 0 atom stereocenters. The minimum atomic E-state index is -0.0474. The minimum absolute atomic E-state index is 0.0474. The lowest BCUT2D eigenvalue weighted by Gasteiger charge is -2.47. The van der Waals surface area contributed by atoms with Crippen LogP contribution in [-0.2, 0) is 4.79 Å². The molecule has 0 aromatic rings. The van der Waals surface area contributed by atoms with Crippen LogP contribution in [0.2, 0.25) is 0 Å². The van der Waals surface area contributed by atoms with Gasteiger partial charge in [0, 0.05) is 18.8 Å². The zero-order chi connectivity index (χ0) is 24.2. The molecule has 5 heteroatoms. The van der Waals surface area contributed by atoms with Crippen molar-refractivity contribution >= 4 is 5.91 Å². The van der Waals surface area contributed by atoms with Crippen LogP contribution in [0.15, 0.2) is 23.4 Å². The Morgan fingerprint density at radius 3 is 2.16 bits per heavy atom. The first-order valence-corrected chi connectivity index (χ1v) is 13.2. The summed E-state index contributed by atoms with van der Waals surface area (Å²) in [6.45, 7) is 24.1. The van der Waals surface area contributed by atoms with Crippen LogP contribution in [0.5, 0.6) is 0 Å². The molecule has 0 saturated carbocycles. The molecule has 3 fully saturated rings. The fourth-order valence-electron chi connectivity index (χ4n) is 4.77. The Labute approximate surface area is 199 Å². The number of hydrogen-bond acceptors (Lipinski definition) is 4. The van der Waals surface area contributed by atoms with E-state index in [0.29, 0.717) is 12.0 Å². The van der Waals surface area contributed by atoms with E-state index in [4.69, 9.17) is 0 Å². The monoisotopic (exact) mass is 448 g/mol. The second-order valence-electron chi connectivity index (χ2n) is 9.90. The molecule has 3 saturated heterocycles. The number of likely N-dealkylation sites (tertiary alicyclic amines) is 1. The van der Waals surface area contributed by atoms with E-state index in [0.717, 1.165) is 45.4 Å². The molecule has 3 aliphatic rings. The Hall–Kier alpha value is -1.33. The number of nitrogens with zero attached hydrogens (tertiary/aromatic N) is 2. The van der Waals surface area contributed by atoms with Gasteiger partial charge in [-0.25, -0.2) is 0 Å². The van der Waals surface area contributed by atoms with E-state index in [-0.39, 0.29) is 11.4 Å². The molecule has 3 rings (SSSR count). The summed E-state index contributed by atoms with van der Waals surface area (Å²) in [5.74, 6) is 0.170. The number of rotatable bonds is 5. The first-order chi connectivity index (χ1) is 15.3. The van der Waals surface area contributed by atoms with Crippen LogP contribution < -0.4 is 10.6 Å². The summed E-state index contributed by atoms with van der Waals surface area (Å²) in [7, 11) is 0. The van der Waals surface area contributed by atoms with Crippen LogP contribution >= 0.6 is 0 Å². The average molecular weight is 449 g/mol. The standard InChI is InChI=1S/C23H40N4O.2C2H6/c1-5-20(7-6-19(2)16-26-14-10-22(3,4)11-15-26)27-17-21(28)25-23(18-27)8-12-24-13-9-23;2*1-2/h6-7,24H,5,8-18H2,1-4H3,(H,25,28);2*1-2H3/b19-6+,20-7+;;. The van der Waals surface area contributed by atoms with Gasteiger partial charge in [-0.15, -0.1) is 0 Å². The van der Waals surface area contributed by atoms with Crippen molar-refractivity contribution in [1.82, 2.24) is 20.4 Å². The number of carbonyl (C=O) groups is 1. The largest absolute Gasteiger partial charge is 0.363 e. The summed E-state index contributed by atoms with van der Waals surface area (Å²) < 4.78 is 0. The lowest BCUT2D eigenvalue weighted by Crippen LogP contribution is -2.65. The van der Waals surface area contributed by atoms with Crippen LogP contribution in [-0.4, -0.2) is 67.1 Å². The van der Waals surface area contributed by atoms with Crippen LogP contribution in [0.1, 0.15) is 87.5 Å². The number of piperidine rings is 2. The van der Waals surface area contributed by atoms with Crippen LogP contribution in [0.3, 0.4) is 0 Å². The average Bonchev–Trinajstić information content (AvgIpc) is 2.78. The summed E-state index contributed by atoms with van der Waals surface area (Å²) in [4.78, 5) is 17.3. The van der Waals surface area contributed by atoms with Gasteiger partial charge in [0.05, 0.1) is 12.1 Å². The van der Waals surface area contributed by atoms with Crippen molar-refractivity contribution in [3.63, 3.8) is 0 Å². The van der Waals surface area contributed by atoms with Gasteiger partial charge in [0.25, 0.3) is 0 Å². The molecule has 5 nitrogen and oxygen atoms in total. The van der Waals surface area contributed by atoms with E-state index in [1.807, 2.05) is 27.7 Å². The molecule has 0 radical (unpaired) electrons. The van der Waals surface area contributed by atoms with E-state index >= 15 is 0 Å². The lowest BCUT2D eigenvalue weighted by molar-refractivity contribution is -0.127. The second kappa shape index (κ2) is 14.0. The highest BCUT2D eigenvalue weighted by atomic mass is 16.2. The van der Waals surface area contributed by atoms with Gasteiger partial charge < -0.3 is 15.5 Å². The van der Waals surface area contributed by atoms with Gasteiger partial charge in [0.1, 0.15) is 0 Å². The third kappa shape index (κ3) is 8.90. The molecule has 0 aromatic carbocycles. The van der Waals surface area contributed by atoms with Crippen molar-refractivity contribution in [3.8, 4) is 0 Å². The van der Waals surface area contributed by atoms with E-state index in [2.05, 4.69) is 60.3 Å². The van der Waals surface area contributed by atoms with Gasteiger partial charge in [-0.2, -0.15) is 0 Å². The maximum atomic E-state index is 12.4. The van der Waals surface area contributed by atoms with Crippen molar-refractivity contribution in [2.24, 2.45) is 5.41 Å². The van der Waals surface area contributed by atoms with Crippen molar-refractivity contribution in [1.29, 1.82) is 0 Å². The predicted octanol–water partition coefficient (Wildman–Crippen LogP) is 4.96. The molecule has 0 aromatic heterocycles. The van der Waals surface area contributed by atoms with Crippen molar-refractivity contribution in [2.45, 2.75) is 93.0 Å². The highest BCUT2D eigenvalue weighted by Crippen LogP contribution is 2.30. The molecular weight excluding hydrogens is 396 g/mol. The number of amides is 1. The maximum Gasteiger partial charge on any atom is 0.240 e. The Kier molecular flexibility index (Phi) is 12.6. The minimum Gasteiger partial charge on any atom is -0.363 e. The summed E-state index contributed by atoms with van der Waals surface area (Å²) in [6.07, 6.45) is 10.1. The topological polar surface area (TPSA) is 47.6 Å². The summed E-state index contributed by atoms with van der Waals surface area (Å²) in [5, 5.41) is 6.71. The molecule has 1 spiro atoms.